The smallest absolute Gasteiger partial charge is 0.224 e. The number of carbonyl (C=O) groups excluding carboxylic acids is 1. The standard InChI is InChI=1S/C18H24ClN5OS/c1-13-23-16(12-26-13)9-11-22-18(20-2)21-10-3-4-17(25)24-15-7-5-14(19)6-8-15/h5-8,12H,3-4,9-11H2,1-2H3,(H,24,25)(H2,20,21,22). The summed E-state index contributed by atoms with van der Waals surface area (Å²) in [5, 5.41) is 13.1. The highest BCUT2D eigenvalue weighted by Crippen LogP contribution is 2.13. The van der Waals surface area contributed by atoms with E-state index >= 15 is 0 Å². The number of carbonyl (C=O) groups is 1. The van der Waals surface area contributed by atoms with Crippen LogP contribution in [0.1, 0.15) is 23.5 Å². The molecule has 0 radical (unpaired) electrons. The van der Waals surface area contributed by atoms with Crippen molar-refractivity contribution in [1.29, 1.82) is 0 Å². The van der Waals surface area contributed by atoms with Crippen molar-refractivity contribution in [3.63, 3.8) is 0 Å². The van der Waals surface area contributed by atoms with E-state index in [2.05, 4.69) is 31.3 Å². The van der Waals surface area contributed by atoms with Crippen LogP contribution in [0.15, 0.2) is 34.6 Å². The van der Waals surface area contributed by atoms with Crippen molar-refractivity contribution >= 4 is 40.5 Å². The topological polar surface area (TPSA) is 78.4 Å². The minimum atomic E-state index is -0.0176. The molecule has 1 amide bonds. The minimum Gasteiger partial charge on any atom is -0.356 e. The summed E-state index contributed by atoms with van der Waals surface area (Å²) in [4.78, 5) is 20.5. The van der Waals surface area contributed by atoms with Gasteiger partial charge in [-0.2, -0.15) is 0 Å². The molecular formula is C18H24ClN5OS. The number of hydrogen-bond donors (Lipinski definition) is 3. The summed E-state index contributed by atoms with van der Waals surface area (Å²) in [7, 11) is 1.73. The van der Waals surface area contributed by atoms with Crippen LogP contribution in [-0.4, -0.2) is 37.0 Å². The molecule has 3 N–H and O–H groups in total. The van der Waals surface area contributed by atoms with Crippen molar-refractivity contribution in [1.82, 2.24) is 15.6 Å². The number of aliphatic imine (C=N–C) groups is 1. The Morgan fingerprint density at radius 3 is 2.62 bits per heavy atom. The molecular weight excluding hydrogens is 370 g/mol. The molecule has 26 heavy (non-hydrogen) atoms. The summed E-state index contributed by atoms with van der Waals surface area (Å²) < 4.78 is 0. The highest BCUT2D eigenvalue weighted by molar-refractivity contribution is 7.09. The van der Waals surface area contributed by atoms with E-state index in [0.717, 1.165) is 35.3 Å². The van der Waals surface area contributed by atoms with Crippen LogP contribution in [-0.2, 0) is 11.2 Å². The molecule has 0 saturated heterocycles. The van der Waals surface area contributed by atoms with Gasteiger partial charge in [-0.15, -0.1) is 11.3 Å². The molecule has 0 aliphatic rings. The molecule has 6 nitrogen and oxygen atoms in total. The van der Waals surface area contributed by atoms with Crippen LogP contribution in [0.5, 0.6) is 0 Å². The van der Waals surface area contributed by atoms with E-state index in [9.17, 15) is 4.79 Å². The Hall–Kier alpha value is -2.12. The van der Waals surface area contributed by atoms with Gasteiger partial charge in [-0.3, -0.25) is 9.79 Å². The van der Waals surface area contributed by atoms with Gasteiger partial charge in [-0.05, 0) is 37.6 Å². The second kappa shape index (κ2) is 10.8. The SMILES string of the molecule is CN=C(NCCCC(=O)Nc1ccc(Cl)cc1)NCCc1csc(C)n1. The number of nitrogens with zero attached hydrogens (tertiary/aromatic N) is 2. The maximum Gasteiger partial charge on any atom is 0.224 e. The molecule has 0 spiro atoms. The van der Waals surface area contributed by atoms with E-state index in [-0.39, 0.29) is 5.91 Å². The Kier molecular flexibility index (Phi) is 8.37. The normalized spacial score (nSPS) is 11.3. The fraction of sp³-hybridized carbons (Fsp3) is 0.389. The second-order valence-corrected chi connectivity index (χ2v) is 7.19. The summed E-state index contributed by atoms with van der Waals surface area (Å²) in [6.07, 6.45) is 2.00. The maximum absolute atomic E-state index is 11.9. The van der Waals surface area contributed by atoms with Gasteiger partial charge in [0.05, 0.1) is 10.7 Å². The molecule has 1 aromatic heterocycles. The first-order valence-corrected chi connectivity index (χ1v) is 9.73. The van der Waals surface area contributed by atoms with E-state index in [1.165, 1.54) is 0 Å². The van der Waals surface area contributed by atoms with Crippen LogP contribution in [0.2, 0.25) is 5.02 Å². The Bertz CT molecular complexity index is 729. The molecule has 2 rings (SSSR count). The van der Waals surface area contributed by atoms with E-state index in [1.807, 2.05) is 6.92 Å². The van der Waals surface area contributed by atoms with Crippen molar-refractivity contribution in [2.24, 2.45) is 4.99 Å². The summed E-state index contributed by atoms with van der Waals surface area (Å²) in [5.74, 6) is 0.714. The molecule has 0 aliphatic carbocycles. The Morgan fingerprint density at radius 2 is 1.96 bits per heavy atom. The van der Waals surface area contributed by atoms with Crippen molar-refractivity contribution in [3.8, 4) is 0 Å². The summed E-state index contributed by atoms with van der Waals surface area (Å²) in [5.41, 5.74) is 1.84. The zero-order valence-electron chi connectivity index (χ0n) is 15.0. The third-order valence-electron chi connectivity index (χ3n) is 3.56. The first kappa shape index (κ1) is 20.2. The fourth-order valence-corrected chi connectivity index (χ4v) is 3.04. The monoisotopic (exact) mass is 393 g/mol. The molecule has 1 aromatic carbocycles. The zero-order chi connectivity index (χ0) is 18.8. The minimum absolute atomic E-state index is 0.0176. The van der Waals surface area contributed by atoms with Crippen LogP contribution in [0.25, 0.3) is 0 Å². The lowest BCUT2D eigenvalue weighted by Gasteiger charge is -2.11. The number of aromatic nitrogens is 1. The average Bonchev–Trinajstić information content (AvgIpc) is 3.04. The maximum atomic E-state index is 11.9. The van der Waals surface area contributed by atoms with Gasteiger partial charge >= 0.3 is 0 Å². The Morgan fingerprint density at radius 1 is 1.23 bits per heavy atom. The van der Waals surface area contributed by atoms with Gasteiger partial charge in [0, 0.05) is 49.1 Å². The molecule has 1 heterocycles. The van der Waals surface area contributed by atoms with E-state index in [1.54, 1.807) is 42.6 Å². The number of halogens is 1. The number of nitrogens with one attached hydrogen (secondary N) is 3. The van der Waals surface area contributed by atoms with Gasteiger partial charge in [-0.1, -0.05) is 11.6 Å². The van der Waals surface area contributed by atoms with Crippen LogP contribution < -0.4 is 16.0 Å². The van der Waals surface area contributed by atoms with Gasteiger partial charge in [0.15, 0.2) is 5.96 Å². The van der Waals surface area contributed by atoms with E-state index in [0.29, 0.717) is 24.4 Å². The van der Waals surface area contributed by atoms with Crippen LogP contribution in [0, 0.1) is 6.92 Å². The summed E-state index contributed by atoms with van der Waals surface area (Å²) in [6, 6.07) is 7.07. The molecule has 0 aliphatic heterocycles. The number of anilines is 1. The van der Waals surface area contributed by atoms with Crippen LogP contribution in [0.4, 0.5) is 5.69 Å². The molecule has 0 bridgehead atoms. The first-order chi connectivity index (χ1) is 12.6. The number of benzene rings is 1. The van der Waals surface area contributed by atoms with Crippen LogP contribution >= 0.6 is 22.9 Å². The molecule has 8 heteroatoms. The van der Waals surface area contributed by atoms with Crippen molar-refractivity contribution < 1.29 is 4.79 Å². The van der Waals surface area contributed by atoms with Gasteiger partial charge < -0.3 is 16.0 Å². The molecule has 0 saturated carbocycles. The number of amides is 1. The number of hydrogen-bond acceptors (Lipinski definition) is 4. The van der Waals surface area contributed by atoms with Gasteiger partial charge in [0.2, 0.25) is 5.91 Å². The Labute approximate surface area is 163 Å². The molecule has 140 valence electrons. The Balaban J connectivity index is 1.59. The van der Waals surface area contributed by atoms with E-state index in [4.69, 9.17) is 11.6 Å². The average molecular weight is 394 g/mol. The lowest BCUT2D eigenvalue weighted by atomic mass is 10.2. The van der Waals surface area contributed by atoms with Crippen molar-refractivity contribution in [2.75, 3.05) is 25.5 Å². The number of rotatable bonds is 8. The lowest BCUT2D eigenvalue weighted by Crippen LogP contribution is -2.39. The highest BCUT2D eigenvalue weighted by atomic mass is 35.5. The zero-order valence-corrected chi connectivity index (χ0v) is 16.6. The number of thiazole rings is 1. The third-order valence-corrected chi connectivity index (χ3v) is 4.64. The van der Waals surface area contributed by atoms with Gasteiger partial charge in [0.25, 0.3) is 0 Å². The number of aryl methyl sites for hydroxylation is 1. The first-order valence-electron chi connectivity index (χ1n) is 8.48. The summed E-state index contributed by atoms with van der Waals surface area (Å²) >= 11 is 7.49. The molecule has 0 fully saturated rings. The van der Waals surface area contributed by atoms with Gasteiger partial charge in [-0.25, -0.2) is 4.98 Å². The largest absolute Gasteiger partial charge is 0.356 e. The summed E-state index contributed by atoms with van der Waals surface area (Å²) in [6.45, 7) is 3.44. The van der Waals surface area contributed by atoms with Gasteiger partial charge in [0.1, 0.15) is 0 Å². The molecule has 0 atom stereocenters. The fourth-order valence-electron chi connectivity index (χ4n) is 2.27. The quantitative estimate of drug-likeness (QED) is 0.365. The van der Waals surface area contributed by atoms with Crippen LogP contribution in [0.3, 0.4) is 0 Å². The molecule has 2 aromatic rings. The van der Waals surface area contributed by atoms with Crippen molar-refractivity contribution in [2.45, 2.75) is 26.2 Å². The van der Waals surface area contributed by atoms with Crippen molar-refractivity contribution in [3.05, 3.63) is 45.4 Å². The third kappa shape index (κ3) is 7.41. The number of guanidine groups is 1. The molecule has 0 unspecified atom stereocenters. The van der Waals surface area contributed by atoms with E-state index < -0.39 is 0 Å². The second-order valence-electron chi connectivity index (χ2n) is 5.69. The predicted octanol–water partition coefficient (Wildman–Crippen LogP) is 3.23. The predicted molar refractivity (Wildman–Crippen MR) is 109 cm³/mol. The lowest BCUT2D eigenvalue weighted by molar-refractivity contribution is -0.116. The highest BCUT2D eigenvalue weighted by Gasteiger charge is 2.04.